The number of carbonyl (C=O) groups excluding carboxylic acids is 1. The SMILES string of the molecule is O=C1CCCc2c1[nH]c1c(F)ccc(Cl)c21. The lowest BCUT2D eigenvalue weighted by Gasteiger charge is -2.09. The lowest BCUT2D eigenvalue weighted by Crippen LogP contribution is -2.09. The number of hydrogen-bond donors (Lipinski definition) is 1. The first-order valence-electron chi connectivity index (χ1n) is 5.20. The number of halogens is 2. The van der Waals surface area contributed by atoms with Crippen LogP contribution in [0.1, 0.15) is 28.9 Å². The zero-order chi connectivity index (χ0) is 11.3. The van der Waals surface area contributed by atoms with Gasteiger partial charge in [-0.15, -0.1) is 0 Å². The van der Waals surface area contributed by atoms with Crippen molar-refractivity contribution < 1.29 is 9.18 Å². The fraction of sp³-hybridized carbons (Fsp3) is 0.250. The summed E-state index contributed by atoms with van der Waals surface area (Å²) in [6.45, 7) is 0. The van der Waals surface area contributed by atoms with Crippen LogP contribution in [0.25, 0.3) is 10.9 Å². The van der Waals surface area contributed by atoms with Gasteiger partial charge in [-0.2, -0.15) is 0 Å². The third-order valence-electron chi connectivity index (χ3n) is 3.07. The number of ketones is 1. The van der Waals surface area contributed by atoms with Crippen LogP contribution < -0.4 is 0 Å². The Hall–Kier alpha value is -1.35. The van der Waals surface area contributed by atoms with Gasteiger partial charge in [-0.3, -0.25) is 4.79 Å². The Morgan fingerprint density at radius 3 is 2.94 bits per heavy atom. The van der Waals surface area contributed by atoms with Crippen molar-refractivity contribution in [2.75, 3.05) is 0 Å². The predicted molar refractivity (Wildman–Crippen MR) is 60.5 cm³/mol. The van der Waals surface area contributed by atoms with E-state index in [0.717, 1.165) is 18.4 Å². The predicted octanol–water partition coefficient (Wildman–Crippen LogP) is 3.48. The van der Waals surface area contributed by atoms with Gasteiger partial charge in [-0.05, 0) is 30.5 Å². The fourth-order valence-corrected chi connectivity index (χ4v) is 2.60. The number of fused-ring (bicyclic) bond motifs is 3. The maximum atomic E-state index is 13.6. The molecule has 0 aliphatic heterocycles. The fourth-order valence-electron chi connectivity index (χ4n) is 2.33. The van der Waals surface area contributed by atoms with Gasteiger partial charge in [0.25, 0.3) is 0 Å². The standard InChI is InChI=1S/C12H9ClFNO/c13-7-4-5-8(14)12-10(7)6-2-1-3-9(16)11(6)15-12/h4-5,15H,1-3H2. The number of aromatic nitrogens is 1. The van der Waals surface area contributed by atoms with Crippen LogP contribution in [0.15, 0.2) is 12.1 Å². The highest BCUT2D eigenvalue weighted by Crippen LogP contribution is 2.34. The molecule has 1 heterocycles. The van der Waals surface area contributed by atoms with Gasteiger partial charge in [-0.25, -0.2) is 4.39 Å². The normalized spacial score (nSPS) is 15.5. The van der Waals surface area contributed by atoms with E-state index in [9.17, 15) is 9.18 Å². The molecule has 0 amide bonds. The molecule has 2 nitrogen and oxygen atoms in total. The van der Waals surface area contributed by atoms with Crippen molar-refractivity contribution in [3.63, 3.8) is 0 Å². The van der Waals surface area contributed by atoms with Crippen LogP contribution >= 0.6 is 11.6 Å². The highest BCUT2D eigenvalue weighted by Gasteiger charge is 2.24. The summed E-state index contributed by atoms with van der Waals surface area (Å²) < 4.78 is 13.6. The highest BCUT2D eigenvalue weighted by molar-refractivity contribution is 6.36. The average Bonchev–Trinajstić information content (AvgIpc) is 2.66. The van der Waals surface area contributed by atoms with E-state index in [1.807, 2.05) is 0 Å². The van der Waals surface area contributed by atoms with Gasteiger partial charge in [0.15, 0.2) is 5.78 Å². The molecule has 82 valence electrons. The van der Waals surface area contributed by atoms with Gasteiger partial charge in [0.1, 0.15) is 5.82 Å². The number of carbonyl (C=O) groups is 1. The molecule has 0 saturated carbocycles. The Morgan fingerprint density at radius 1 is 1.31 bits per heavy atom. The van der Waals surface area contributed by atoms with Gasteiger partial charge in [0.2, 0.25) is 0 Å². The summed E-state index contributed by atoms with van der Waals surface area (Å²) in [4.78, 5) is 14.5. The molecule has 0 spiro atoms. The van der Waals surface area contributed by atoms with Crippen LogP contribution in [-0.4, -0.2) is 10.8 Å². The van der Waals surface area contributed by atoms with Crippen molar-refractivity contribution in [3.05, 3.63) is 34.2 Å². The molecule has 1 aromatic heterocycles. The molecule has 16 heavy (non-hydrogen) atoms. The molecule has 0 radical (unpaired) electrons. The Balaban J connectivity index is 2.45. The van der Waals surface area contributed by atoms with E-state index < -0.39 is 0 Å². The van der Waals surface area contributed by atoms with Crippen molar-refractivity contribution in [3.8, 4) is 0 Å². The first-order valence-corrected chi connectivity index (χ1v) is 5.58. The van der Waals surface area contributed by atoms with E-state index in [4.69, 9.17) is 11.6 Å². The maximum Gasteiger partial charge on any atom is 0.179 e. The van der Waals surface area contributed by atoms with Gasteiger partial charge in [0.05, 0.1) is 16.2 Å². The van der Waals surface area contributed by atoms with Crippen molar-refractivity contribution >= 4 is 28.3 Å². The number of aromatic amines is 1. The van der Waals surface area contributed by atoms with Crippen LogP contribution in [0.2, 0.25) is 5.02 Å². The van der Waals surface area contributed by atoms with Gasteiger partial charge >= 0.3 is 0 Å². The number of benzene rings is 1. The van der Waals surface area contributed by atoms with E-state index in [2.05, 4.69) is 4.98 Å². The smallest absolute Gasteiger partial charge is 0.179 e. The number of rotatable bonds is 0. The molecular formula is C12H9ClFNO. The van der Waals surface area contributed by atoms with E-state index in [1.54, 1.807) is 0 Å². The monoisotopic (exact) mass is 237 g/mol. The van der Waals surface area contributed by atoms with Crippen molar-refractivity contribution in [2.45, 2.75) is 19.3 Å². The molecule has 0 unspecified atom stereocenters. The molecule has 4 heteroatoms. The highest BCUT2D eigenvalue weighted by atomic mass is 35.5. The summed E-state index contributed by atoms with van der Waals surface area (Å²) in [5, 5.41) is 1.17. The number of Topliss-reactive ketones (excluding diaryl/α,β-unsaturated/α-hetero) is 1. The van der Waals surface area contributed by atoms with Crippen LogP contribution in [0.5, 0.6) is 0 Å². The summed E-state index contributed by atoms with van der Waals surface area (Å²) in [6, 6.07) is 2.85. The third kappa shape index (κ3) is 1.21. The molecule has 1 aliphatic rings. The van der Waals surface area contributed by atoms with Crippen molar-refractivity contribution in [2.24, 2.45) is 0 Å². The van der Waals surface area contributed by atoms with Crippen molar-refractivity contribution in [1.29, 1.82) is 0 Å². The Morgan fingerprint density at radius 2 is 2.12 bits per heavy atom. The molecule has 3 rings (SSSR count). The topological polar surface area (TPSA) is 32.9 Å². The number of H-pyrrole nitrogens is 1. The molecule has 1 aliphatic carbocycles. The van der Waals surface area contributed by atoms with Gasteiger partial charge in [0, 0.05) is 11.8 Å². The second kappa shape index (κ2) is 3.32. The van der Waals surface area contributed by atoms with Crippen LogP contribution in [-0.2, 0) is 6.42 Å². The minimum atomic E-state index is -0.360. The summed E-state index contributed by atoms with van der Waals surface area (Å²) in [7, 11) is 0. The first-order chi connectivity index (χ1) is 7.68. The molecule has 0 atom stereocenters. The lowest BCUT2D eigenvalue weighted by molar-refractivity contribution is 0.0968. The Bertz CT molecular complexity index is 603. The van der Waals surface area contributed by atoms with Crippen LogP contribution in [0, 0.1) is 5.82 Å². The Labute approximate surface area is 96.4 Å². The molecule has 1 aromatic carbocycles. The molecule has 0 saturated heterocycles. The van der Waals surface area contributed by atoms with E-state index in [1.165, 1.54) is 12.1 Å². The van der Waals surface area contributed by atoms with E-state index in [0.29, 0.717) is 28.0 Å². The zero-order valence-electron chi connectivity index (χ0n) is 8.44. The third-order valence-corrected chi connectivity index (χ3v) is 3.38. The minimum absolute atomic E-state index is 0.0490. The van der Waals surface area contributed by atoms with E-state index >= 15 is 0 Å². The summed E-state index contributed by atoms with van der Waals surface area (Å²) >= 11 is 6.06. The second-order valence-corrected chi connectivity index (χ2v) is 4.44. The van der Waals surface area contributed by atoms with Crippen LogP contribution in [0.4, 0.5) is 4.39 Å². The summed E-state index contributed by atoms with van der Waals surface area (Å²) in [5.74, 6) is -0.311. The summed E-state index contributed by atoms with van der Waals surface area (Å²) in [5.41, 5.74) is 1.76. The largest absolute Gasteiger partial charge is 0.349 e. The number of aryl methyl sites for hydroxylation is 1. The van der Waals surface area contributed by atoms with Gasteiger partial charge < -0.3 is 4.98 Å². The van der Waals surface area contributed by atoms with E-state index in [-0.39, 0.29) is 11.6 Å². The molecule has 1 N–H and O–H groups in total. The molecule has 0 fully saturated rings. The summed E-state index contributed by atoms with van der Waals surface area (Å²) in [6.07, 6.45) is 2.12. The van der Waals surface area contributed by atoms with Crippen LogP contribution in [0.3, 0.4) is 0 Å². The lowest BCUT2D eigenvalue weighted by atomic mass is 9.95. The first kappa shape index (κ1) is 9.85. The minimum Gasteiger partial charge on any atom is -0.349 e. The molecule has 0 bridgehead atoms. The van der Waals surface area contributed by atoms with Crippen molar-refractivity contribution in [1.82, 2.24) is 4.98 Å². The second-order valence-electron chi connectivity index (χ2n) is 4.03. The number of nitrogens with one attached hydrogen (secondary N) is 1. The quantitative estimate of drug-likeness (QED) is 0.748. The van der Waals surface area contributed by atoms with Gasteiger partial charge in [-0.1, -0.05) is 11.6 Å². The Kier molecular flexibility index (Phi) is 2.04. The zero-order valence-corrected chi connectivity index (χ0v) is 9.20. The molecular weight excluding hydrogens is 229 g/mol. The average molecular weight is 238 g/mol. The number of hydrogen-bond acceptors (Lipinski definition) is 1. The maximum absolute atomic E-state index is 13.6. The molecule has 2 aromatic rings.